The van der Waals surface area contributed by atoms with Crippen molar-refractivity contribution in [1.29, 1.82) is 0 Å². The molecule has 0 aromatic rings. The van der Waals surface area contributed by atoms with Crippen molar-refractivity contribution < 1.29 is 14.6 Å². The van der Waals surface area contributed by atoms with Gasteiger partial charge in [-0.1, -0.05) is 52.7 Å². The van der Waals surface area contributed by atoms with Crippen molar-refractivity contribution in [2.45, 2.75) is 72.0 Å². The van der Waals surface area contributed by atoms with Gasteiger partial charge in [-0.05, 0) is 30.1 Å². The zero-order valence-corrected chi connectivity index (χ0v) is 13.8. The van der Waals surface area contributed by atoms with Crippen LogP contribution in [0.3, 0.4) is 0 Å². The Hall–Kier alpha value is -0.830. The van der Waals surface area contributed by atoms with Crippen LogP contribution in [0.25, 0.3) is 0 Å². The van der Waals surface area contributed by atoms with Crippen LogP contribution in [0.5, 0.6) is 0 Å². The average Bonchev–Trinajstić information content (AvgIpc) is 2.89. The molecule has 5 atom stereocenters. The van der Waals surface area contributed by atoms with Gasteiger partial charge in [-0.25, -0.2) is 0 Å². The van der Waals surface area contributed by atoms with Gasteiger partial charge in [0.05, 0.1) is 12.5 Å². The van der Waals surface area contributed by atoms with Crippen LogP contribution in [0.1, 0.15) is 59.8 Å². The summed E-state index contributed by atoms with van der Waals surface area (Å²) in [5.74, 6) is 1.14. The Balaban J connectivity index is 1.98. The second kappa shape index (κ2) is 6.51. The first-order chi connectivity index (χ1) is 9.85. The summed E-state index contributed by atoms with van der Waals surface area (Å²) >= 11 is 0. The van der Waals surface area contributed by atoms with Crippen molar-refractivity contribution in [2.75, 3.05) is 0 Å². The second-order valence-electron chi connectivity index (χ2n) is 7.61. The van der Waals surface area contributed by atoms with Gasteiger partial charge in [0.15, 0.2) is 0 Å². The number of rotatable bonds is 6. The summed E-state index contributed by atoms with van der Waals surface area (Å²) in [5, 5.41) is 10.5. The lowest BCUT2D eigenvalue weighted by Gasteiger charge is -2.29. The van der Waals surface area contributed by atoms with Gasteiger partial charge in [0, 0.05) is 5.92 Å². The van der Waals surface area contributed by atoms with Gasteiger partial charge < -0.3 is 9.84 Å². The number of aliphatic hydroxyl groups excluding tert-OH is 1. The molecule has 2 fully saturated rings. The molecule has 2 aliphatic rings. The van der Waals surface area contributed by atoms with Gasteiger partial charge >= 0.3 is 5.97 Å². The third-order valence-corrected chi connectivity index (χ3v) is 5.41. The lowest BCUT2D eigenvalue weighted by Crippen LogP contribution is -2.28. The monoisotopic (exact) mass is 294 g/mol. The normalized spacial score (nSPS) is 34.2. The number of allylic oxidation sites excluding steroid dienone is 1. The van der Waals surface area contributed by atoms with E-state index in [2.05, 4.69) is 33.8 Å². The zero-order valence-electron chi connectivity index (χ0n) is 13.8. The molecule has 0 radical (unpaired) electrons. The lowest BCUT2D eigenvalue weighted by atomic mass is 9.80. The number of esters is 1. The Morgan fingerprint density at radius 3 is 2.86 bits per heavy atom. The predicted molar refractivity (Wildman–Crippen MR) is 83.7 cm³/mol. The molecular weight excluding hydrogens is 264 g/mol. The molecule has 2 rings (SSSR count). The van der Waals surface area contributed by atoms with Gasteiger partial charge in [-0.2, -0.15) is 0 Å². The molecule has 0 spiro atoms. The first-order valence-corrected chi connectivity index (χ1v) is 8.41. The Morgan fingerprint density at radius 1 is 1.48 bits per heavy atom. The standard InChI is InChI=1S/C18H30O3/c1-5-6-9-18(3,4)16(19)8-7-13-12(2)10-15-14(13)11-17(20)21-15/h7-8,12-16,19H,5-6,9-11H2,1-4H3/t12-,13+,14-,15+,16+/m1/s1. The molecule has 3 heteroatoms. The number of hydrogen-bond acceptors (Lipinski definition) is 3. The molecule has 0 unspecified atom stereocenters. The summed E-state index contributed by atoms with van der Waals surface area (Å²) in [6.07, 6.45) is 8.62. The Bertz CT molecular complexity index is 399. The third-order valence-electron chi connectivity index (χ3n) is 5.41. The quantitative estimate of drug-likeness (QED) is 0.600. The van der Waals surface area contributed by atoms with Gasteiger partial charge in [0.25, 0.3) is 0 Å². The molecule has 1 saturated heterocycles. The Kier molecular flexibility index (Phi) is 5.13. The minimum Gasteiger partial charge on any atom is -0.462 e. The van der Waals surface area contributed by atoms with E-state index in [1.807, 2.05) is 6.08 Å². The van der Waals surface area contributed by atoms with E-state index in [1.54, 1.807) is 0 Å². The molecule has 120 valence electrons. The Labute approximate surface area is 128 Å². The van der Waals surface area contributed by atoms with Gasteiger partial charge in [-0.3, -0.25) is 4.79 Å². The summed E-state index contributed by atoms with van der Waals surface area (Å²) in [6.45, 7) is 8.65. The minimum absolute atomic E-state index is 0.0564. The topological polar surface area (TPSA) is 46.5 Å². The van der Waals surface area contributed by atoms with Crippen LogP contribution in [0, 0.1) is 23.2 Å². The molecule has 1 saturated carbocycles. The number of hydrogen-bond donors (Lipinski definition) is 1. The number of unbranched alkanes of at least 4 members (excludes halogenated alkanes) is 1. The first kappa shape index (κ1) is 16.5. The van der Waals surface area contributed by atoms with Crippen LogP contribution in [-0.4, -0.2) is 23.3 Å². The number of aliphatic hydroxyl groups is 1. The van der Waals surface area contributed by atoms with E-state index < -0.39 is 6.10 Å². The van der Waals surface area contributed by atoms with Crippen LogP contribution in [0.15, 0.2) is 12.2 Å². The van der Waals surface area contributed by atoms with Crippen molar-refractivity contribution in [3.8, 4) is 0 Å². The summed E-state index contributed by atoms with van der Waals surface area (Å²) < 4.78 is 5.38. The highest BCUT2D eigenvalue weighted by Gasteiger charge is 2.47. The summed E-state index contributed by atoms with van der Waals surface area (Å²) in [7, 11) is 0. The van der Waals surface area contributed by atoms with Crippen molar-refractivity contribution in [3.63, 3.8) is 0 Å². The average molecular weight is 294 g/mol. The van der Waals surface area contributed by atoms with Crippen LogP contribution in [-0.2, 0) is 9.53 Å². The van der Waals surface area contributed by atoms with Crippen molar-refractivity contribution in [3.05, 3.63) is 12.2 Å². The minimum atomic E-state index is -0.423. The van der Waals surface area contributed by atoms with Crippen LogP contribution in [0.4, 0.5) is 0 Å². The van der Waals surface area contributed by atoms with E-state index in [0.717, 1.165) is 25.7 Å². The van der Waals surface area contributed by atoms with E-state index in [4.69, 9.17) is 4.74 Å². The van der Waals surface area contributed by atoms with E-state index >= 15 is 0 Å². The van der Waals surface area contributed by atoms with Crippen LogP contribution >= 0.6 is 0 Å². The highest BCUT2D eigenvalue weighted by molar-refractivity contribution is 5.72. The van der Waals surface area contributed by atoms with Crippen molar-refractivity contribution >= 4 is 5.97 Å². The van der Waals surface area contributed by atoms with Gasteiger partial charge in [0.2, 0.25) is 0 Å². The molecular formula is C18H30O3. The SMILES string of the molecule is CCCCC(C)(C)[C@@H](O)C=C[C@@H]1[C@H]2CC(=O)O[C@H]2C[C@H]1C. The first-order valence-electron chi connectivity index (χ1n) is 8.41. The summed E-state index contributed by atoms with van der Waals surface area (Å²) in [4.78, 5) is 11.4. The van der Waals surface area contributed by atoms with E-state index in [-0.39, 0.29) is 17.5 Å². The maximum absolute atomic E-state index is 11.4. The molecule has 1 N–H and O–H groups in total. The fourth-order valence-electron chi connectivity index (χ4n) is 3.79. The van der Waals surface area contributed by atoms with Crippen molar-refractivity contribution in [1.82, 2.24) is 0 Å². The zero-order chi connectivity index (χ0) is 15.6. The largest absolute Gasteiger partial charge is 0.462 e. The molecule has 21 heavy (non-hydrogen) atoms. The second-order valence-corrected chi connectivity index (χ2v) is 7.61. The highest BCUT2D eigenvalue weighted by atomic mass is 16.6. The third kappa shape index (κ3) is 3.68. The number of ether oxygens (including phenoxy) is 1. The molecule has 1 aliphatic carbocycles. The predicted octanol–water partition coefficient (Wildman–Crippen LogP) is 3.71. The molecule has 1 aliphatic heterocycles. The molecule has 0 aromatic heterocycles. The fourth-order valence-corrected chi connectivity index (χ4v) is 3.79. The van der Waals surface area contributed by atoms with Crippen molar-refractivity contribution in [2.24, 2.45) is 23.2 Å². The van der Waals surface area contributed by atoms with E-state index in [0.29, 0.717) is 24.2 Å². The van der Waals surface area contributed by atoms with Gasteiger partial charge in [-0.15, -0.1) is 0 Å². The smallest absolute Gasteiger partial charge is 0.306 e. The van der Waals surface area contributed by atoms with E-state index in [1.165, 1.54) is 0 Å². The van der Waals surface area contributed by atoms with Crippen LogP contribution in [0.2, 0.25) is 0 Å². The van der Waals surface area contributed by atoms with Crippen LogP contribution < -0.4 is 0 Å². The molecule has 1 heterocycles. The molecule has 0 aromatic carbocycles. The fraction of sp³-hybridized carbons (Fsp3) is 0.833. The summed E-state index contributed by atoms with van der Waals surface area (Å²) in [5.41, 5.74) is -0.0876. The highest BCUT2D eigenvalue weighted by Crippen LogP contribution is 2.45. The Morgan fingerprint density at radius 2 is 2.19 bits per heavy atom. The molecule has 3 nitrogen and oxygen atoms in total. The van der Waals surface area contributed by atoms with E-state index in [9.17, 15) is 9.90 Å². The number of fused-ring (bicyclic) bond motifs is 1. The molecule has 0 bridgehead atoms. The number of carbonyl (C=O) groups excluding carboxylic acids is 1. The molecule has 0 amide bonds. The maximum atomic E-state index is 11.4. The maximum Gasteiger partial charge on any atom is 0.306 e. The number of carbonyl (C=O) groups is 1. The lowest BCUT2D eigenvalue weighted by molar-refractivity contribution is -0.141. The summed E-state index contributed by atoms with van der Waals surface area (Å²) in [6, 6.07) is 0. The van der Waals surface area contributed by atoms with Gasteiger partial charge in [0.1, 0.15) is 6.10 Å².